The third kappa shape index (κ3) is 5.48. The van der Waals surface area contributed by atoms with Gasteiger partial charge in [-0.3, -0.25) is 4.98 Å². The van der Waals surface area contributed by atoms with Crippen LogP contribution in [-0.4, -0.2) is 15.0 Å². The molecular formula is C52H35N3. The highest BCUT2D eigenvalue weighted by atomic mass is 14.9. The van der Waals surface area contributed by atoms with E-state index in [1.807, 2.05) is 36.5 Å². The topological polar surface area (TPSA) is 38.7 Å². The van der Waals surface area contributed by atoms with E-state index in [-0.39, 0.29) is 0 Å². The van der Waals surface area contributed by atoms with Crippen LogP contribution in [0.4, 0.5) is 0 Å². The quantitative estimate of drug-likeness (QED) is 0.166. The monoisotopic (exact) mass is 701 g/mol. The first-order chi connectivity index (χ1) is 27.3. The summed E-state index contributed by atoms with van der Waals surface area (Å²) in [5, 5.41) is 0. The van der Waals surface area contributed by atoms with Crippen LogP contribution in [0.15, 0.2) is 212 Å². The van der Waals surface area contributed by atoms with Crippen molar-refractivity contribution in [3.8, 4) is 67.4 Å². The lowest BCUT2D eigenvalue weighted by Crippen LogP contribution is -2.28. The predicted octanol–water partition coefficient (Wildman–Crippen LogP) is 12.6. The smallest absolute Gasteiger partial charge is 0.160 e. The van der Waals surface area contributed by atoms with Gasteiger partial charge in [0, 0.05) is 28.5 Å². The van der Waals surface area contributed by atoms with Crippen molar-refractivity contribution in [3.63, 3.8) is 0 Å². The largest absolute Gasteiger partial charge is 0.256 e. The van der Waals surface area contributed by atoms with Crippen LogP contribution in [0, 0.1) is 0 Å². The Balaban J connectivity index is 1.22. The highest BCUT2D eigenvalue weighted by molar-refractivity contribution is 6.01. The average Bonchev–Trinajstić information content (AvgIpc) is 3.58. The molecule has 0 saturated heterocycles. The van der Waals surface area contributed by atoms with E-state index >= 15 is 0 Å². The lowest BCUT2D eigenvalue weighted by molar-refractivity contribution is 0.768. The number of nitrogens with zero attached hydrogens (tertiary/aromatic N) is 3. The van der Waals surface area contributed by atoms with Gasteiger partial charge in [0.05, 0.1) is 22.5 Å². The molecule has 0 amide bonds. The molecule has 0 saturated carbocycles. The Morgan fingerprint density at radius 1 is 0.327 bits per heavy atom. The summed E-state index contributed by atoms with van der Waals surface area (Å²) >= 11 is 0. The van der Waals surface area contributed by atoms with E-state index in [2.05, 4.69) is 176 Å². The molecule has 0 radical (unpaired) electrons. The van der Waals surface area contributed by atoms with Gasteiger partial charge in [-0.2, -0.15) is 0 Å². The number of hydrogen-bond acceptors (Lipinski definition) is 3. The first-order valence-corrected chi connectivity index (χ1v) is 18.7. The van der Waals surface area contributed by atoms with Crippen molar-refractivity contribution in [3.05, 3.63) is 235 Å². The van der Waals surface area contributed by atoms with Crippen LogP contribution in [0.1, 0.15) is 22.3 Å². The molecule has 3 nitrogen and oxygen atoms in total. The first-order valence-electron chi connectivity index (χ1n) is 18.7. The molecule has 0 N–H and O–H groups in total. The Morgan fingerprint density at radius 3 is 1.56 bits per heavy atom. The fourth-order valence-corrected chi connectivity index (χ4v) is 8.46. The van der Waals surface area contributed by atoms with E-state index in [4.69, 9.17) is 15.0 Å². The van der Waals surface area contributed by atoms with Gasteiger partial charge in [-0.15, -0.1) is 0 Å². The van der Waals surface area contributed by atoms with Crippen LogP contribution in [-0.2, 0) is 5.41 Å². The van der Waals surface area contributed by atoms with E-state index in [9.17, 15) is 0 Å². The van der Waals surface area contributed by atoms with Gasteiger partial charge in [0.1, 0.15) is 0 Å². The highest BCUT2D eigenvalue weighted by Crippen LogP contribution is 2.59. The summed E-state index contributed by atoms with van der Waals surface area (Å²) in [5.74, 6) is 0.698. The second-order valence-electron chi connectivity index (χ2n) is 13.9. The van der Waals surface area contributed by atoms with Gasteiger partial charge < -0.3 is 0 Å². The van der Waals surface area contributed by atoms with Gasteiger partial charge in [-0.05, 0) is 68.8 Å². The minimum atomic E-state index is -0.513. The van der Waals surface area contributed by atoms with Crippen LogP contribution < -0.4 is 0 Å². The maximum atomic E-state index is 5.17. The standard InChI is InChI=1S/C52H35N3/c1-5-18-36(19-6-1)47-35-48(55-51(54-47)37-20-7-2-8-21-37)39-23-17-22-38(34-39)42-31-32-45-49(50(42)46-30-15-16-33-53-46)43-28-13-14-29-44(43)52(45,40-24-9-3-10-25-40)41-26-11-4-12-27-41/h1-35H. The Morgan fingerprint density at radius 2 is 0.891 bits per heavy atom. The molecule has 3 heteroatoms. The predicted molar refractivity (Wildman–Crippen MR) is 224 cm³/mol. The van der Waals surface area contributed by atoms with E-state index in [1.165, 1.54) is 33.4 Å². The number of pyridine rings is 1. The Hall–Kier alpha value is -7.23. The lowest BCUT2D eigenvalue weighted by atomic mass is 9.67. The van der Waals surface area contributed by atoms with Crippen molar-refractivity contribution in [2.24, 2.45) is 0 Å². The van der Waals surface area contributed by atoms with E-state index < -0.39 is 5.41 Å². The third-order valence-electron chi connectivity index (χ3n) is 10.8. The average molecular weight is 702 g/mol. The SMILES string of the molecule is c1ccc(-c2cc(-c3cccc(-c4ccc5c(c4-c4ccccn4)-c4ccccc4C5(c4ccccc4)c4ccccc4)c3)nc(-c3ccccc3)n2)cc1. The molecule has 0 spiro atoms. The molecular weight excluding hydrogens is 667 g/mol. The summed E-state index contributed by atoms with van der Waals surface area (Å²) in [7, 11) is 0. The van der Waals surface area contributed by atoms with Crippen molar-refractivity contribution in [2.45, 2.75) is 5.41 Å². The number of fused-ring (bicyclic) bond motifs is 3. The Bertz CT molecular complexity index is 2690. The summed E-state index contributed by atoms with van der Waals surface area (Å²) in [4.78, 5) is 15.2. The summed E-state index contributed by atoms with van der Waals surface area (Å²) in [6.45, 7) is 0. The van der Waals surface area contributed by atoms with E-state index in [1.54, 1.807) is 0 Å². The van der Waals surface area contributed by atoms with Crippen LogP contribution in [0.2, 0.25) is 0 Å². The molecule has 0 unspecified atom stereocenters. The molecule has 10 rings (SSSR count). The number of hydrogen-bond donors (Lipinski definition) is 0. The maximum absolute atomic E-state index is 5.17. The van der Waals surface area contributed by atoms with Crippen LogP contribution in [0.3, 0.4) is 0 Å². The molecule has 7 aromatic carbocycles. The number of benzene rings is 7. The van der Waals surface area contributed by atoms with Crippen molar-refractivity contribution >= 4 is 0 Å². The van der Waals surface area contributed by atoms with Gasteiger partial charge in [-0.25, -0.2) is 9.97 Å². The van der Waals surface area contributed by atoms with Crippen LogP contribution in [0.5, 0.6) is 0 Å². The van der Waals surface area contributed by atoms with Crippen LogP contribution in [0.25, 0.3) is 67.4 Å². The van der Waals surface area contributed by atoms with Gasteiger partial charge in [0.25, 0.3) is 0 Å². The Labute approximate surface area is 321 Å². The molecule has 0 bridgehead atoms. The molecule has 0 aliphatic heterocycles. The highest BCUT2D eigenvalue weighted by Gasteiger charge is 2.47. The molecule has 1 aliphatic rings. The number of aromatic nitrogens is 3. The minimum absolute atomic E-state index is 0.513. The second-order valence-corrected chi connectivity index (χ2v) is 13.9. The van der Waals surface area contributed by atoms with Gasteiger partial charge in [0.15, 0.2) is 5.82 Å². The van der Waals surface area contributed by atoms with Crippen molar-refractivity contribution in [1.29, 1.82) is 0 Å². The maximum Gasteiger partial charge on any atom is 0.160 e. The first kappa shape index (κ1) is 32.4. The summed E-state index contributed by atoms with van der Waals surface area (Å²) in [6, 6.07) is 73.1. The fraction of sp³-hybridized carbons (Fsp3) is 0.0192. The van der Waals surface area contributed by atoms with Crippen molar-refractivity contribution in [2.75, 3.05) is 0 Å². The summed E-state index contributed by atoms with van der Waals surface area (Å²) in [5.41, 5.74) is 16.0. The van der Waals surface area contributed by atoms with Gasteiger partial charge >= 0.3 is 0 Å². The second kappa shape index (κ2) is 13.6. The number of rotatable bonds is 7. The summed E-state index contributed by atoms with van der Waals surface area (Å²) < 4.78 is 0. The molecule has 0 fully saturated rings. The van der Waals surface area contributed by atoms with Crippen LogP contribution >= 0.6 is 0 Å². The Kier molecular flexibility index (Phi) is 8.04. The molecule has 2 aromatic heterocycles. The minimum Gasteiger partial charge on any atom is -0.256 e. The van der Waals surface area contributed by atoms with Gasteiger partial charge in [-0.1, -0.05) is 182 Å². The van der Waals surface area contributed by atoms with Crippen molar-refractivity contribution < 1.29 is 0 Å². The third-order valence-corrected chi connectivity index (χ3v) is 10.8. The fourth-order valence-electron chi connectivity index (χ4n) is 8.46. The van der Waals surface area contributed by atoms with E-state index in [0.29, 0.717) is 5.82 Å². The zero-order valence-electron chi connectivity index (χ0n) is 30.0. The molecule has 1 aliphatic carbocycles. The molecule has 2 heterocycles. The van der Waals surface area contributed by atoms with Crippen molar-refractivity contribution in [1.82, 2.24) is 15.0 Å². The summed E-state index contributed by atoms with van der Waals surface area (Å²) in [6.07, 6.45) is 1.90. The molecule has 258 valence electrons. The normalized spacial score (nSPS) is 12.5. The lowest BCUT2D eigenvalue weighted by Gasteiger charge is -2.34. The molecule has 55 heavy (non-hydrogen) atoms. The molecule has 9 aromatic rings. The van der Waals surface area contributed by atoms with Gasteiger partial charge in [0.2, 0.25) is 0 Å². The van der Waals surface area contributed by atoms with E-state index in [0.717, 1.165) is 50.5 Å². The zero-order chi connectivity index (χ0) is 36.6. The molecule has 0 atom stereocenters. The zero-order valence-corrected chi connectivity index (χ0v) is 30.0.